The van der Waals surface area contributed by atoms with Crippen LogP contribution in [0.2, 0.25) is 0 Å². The van der Waals surface area contributed by atoms with E-state index in [0.29, 0.717) is 6.04 Å². The van der Waals surface area contributed by atoms with Gasteiger partial charge in [-0.3, -0.25) is 4.90 Å². The molecule has 2 fully saturated rings. The van der Waals surface area contributed by atoms with Gasteiger partial charge in [-0.25, -0.2) is 4.79 Å². The second-order valence-electron chi connectivity index (χ2n) is 6.83. The maximum atomic E-state index is 12.5. The van der Waals surface area contributed by atoms with Gasteiger partial charge in [0.25, 0.3) is 0 Å². The Labute approximate surface area is 138 Å². The second kappa shape index (κ2) is 7.81. The molecule has 1 aliphatic carbocycles. The van der Waals surface area contributed by atoms with E-state index in [1.54, 1.807) is 0 Å². The Balaban J connectivity index is 1.46. The van der Waals surface area contributed by atoms with Gasteiger partial charge in [0.2, 0.25) is 0 Å². The van der Waals surface area contributed by atoms with Gasteiger partial charge in [-0.2, -0.15) is 0 Å². The third-order valence-electron chi connectivity index (χ3n) is 4.87. The van der Waals surface area contributed by atoms with Crippen LogP contribution in [0.1, 0.15) is 50.0 Å². The fourth-order valence-corrected chi connectivity index (χ4v) is 3.57. The van der Waals surface area contributed by atoms with Crippen molar-refractivity contribution in [3.05, 3.63) is 17.5 Å². The molecule has 3 rings (SSSR count). The normalized spacial score (nSPS) is 21.2. The van der Waals surface area contributed by atoms with E-state index in [1.165, 1.54) is 19.3 Å². The van der Waals surface area contributed by atoms with Crippen molar-refractivity contribution in [1.82, 2.24) is 20.3 Å². The van der Waals surface area contributed by atoms with Gasteiger partial charge in [0, 0.05) is 44.8 Å². The van der Waals surface area contributed by atoms with E-state index in [0.717, 1.165) is 63.4 Å². The van der Waals surface area contributed by atoms with Crippen molar-refractivity contribution in [1.29, 1.82) is 0 Å². The first-order valence-corrected chi connectivity index (χ1v) is 8.91. The van der Waals surface area contributed by atoms with Gasteiger partial charge in [-0.1, -0.05) is 24.4 Å². The summed E-state index contributed by atoms with van der Waals surface area (Å²) < 4.78 is 5.13. The molecule has 0 aromatic carbocycles. The molecule has 0 spiro atoms. The Hall–Kier alpha value is -1.56. The van der Waals surface area contributed by atoms with Crippen LogP contribution >= 0.6 is 0 Å². The van der Waals surface area contributed by atoms with Crippen molar-refractivity contribution >= 4 is 6.03 Å². The van der Waals surface area contributed by atoms with Crippen molar-refractivity contribution in [2.75, 3.05) is 26.2 Å². The third-order valence-corrected chi connectivity index (χ3v) is 4.87. The zero-order chi connectivity index (χ0) is 16.1. The molecule has 6 nitrogen and oxygen atoms in total. The van der Waals surface area contributed by atoms with Gasteiger partial charge in [0.1, 0.15) is 5.76 Å². The number of rotatable bonds is 3. The van der Waals surface area contributed by atoms with E-state index in [-0.39, 0.29) is 6.03 Å². The molecular weight excluding hydrogens is 292 g/mol. The molecular formula is C17H28N4O2. The highest BCUT2D eigenvalue weighted by molar-refractivity contribution is 5.74. The molecule has 1 N–H and O–H groups in total. The van der Waals surface area contributed by atoms with Gasteiger partial charge < -0.3 is 14.7 Å². The number of amides is 2. The highest BCUT2D eigenvalue weighted by Crippen LogP contribution is 2.18. The Morgan fingerprint density at radius 3 is 2.78 bits per heavy atom. The van der Waals surface area contributed by atoms with Gasteiger partial charge in [-0.05, 0) is 26.2 Å². The Kier molecular flexibility index (Phi) is 5.54. The molecule has 6 heteroatoms. The van der Waals surface area contributed by atoms with Crippen molar-refractivity contribution < 1.29 is 9.32 Å². The summed E-state index contributed by atoms with van der Waals surface area (Å²) in [5.74, 6) is 0.850. The summed E-state index contributed by atoms with van der Waals surface area (Å²) in [4.78, 5) is 16.8. The van der Waals surface area contributed by atoms with Gasteiger partial charge in [0.15, 0.2) is 0 Å². The molecule has 0 radical (unpaired) electrons. The summed E-state index contributed by atoms with van der Waals surface area (Å²) in [6.45, 7) is 6.23. The van der Waals surface area contributed by atoms with Crippen LogP contribution in [0.25, 0.3) is 0 Å². The standard InChI is InChI=1S/C17H28N4O2/c1-14-12-16(19-23-14)13-20-8-5-9-21(11-10-20)17(22)18-15-6-3-2-4-7-15/h12,15H,2-11,13H2,1H3,(H,18,22). The maximum absolute atomic E-state index is 12.5. The lowest BCUT2D eigenvalue weighted by molar-refractivity contribution is 0.189. The number of aryl methyl sites for hydroxylation is 1. The molecule has 0 bridgehead atoms. The van der Waals surface area contributed by atoms with Crippen LogP contribution in [-0.4, -0.2) is 53.2 Å². The van der Waals surface area contributed by atoms with Gasteiger partial charge >= 0.3 is 6.03 Å². The summed E-state index contributed by atoms with van der Waals surface area (Å²) >= 11 is 0. The van der Waals surface area contributed by atoms with E-state index >= 15 is 0 Å². The lowest BCUT2D eigenvalue weighted by Gasteiger charge is -2.27. The summed E-state index contributed by atoms with van der Waals surface area (Å²) in [5, 5.41) is 7.29. The van der Waals surface area contributed by atoms with Crippen molar-refractivity contribution in [3.63, 3.8) is 0 Å². The molecule has 2 heterocycles. The van der Waals surface area contributed by atoms with Crippen LogP contribution in [-0.2, 0) is 6.54 Å². The maximum Gasteiger partial charge on any atom is 0.317 e. The summed E-state index contributed by atoms with van der Waals surface area (Å²) in [5.41, 5.74) is 0.975. The van der Waals surface area contributed by atoms with E-state index in [1.807, 2.05) is 17.9 Å². The molecule has 1 aliphatic heterocycles. The predicted molar refractivity (Wildman–Crippen MR) is 88.1 cm³/mol. The molecule has 1 saturated heterocycles. The average molecular weight is 320 g/mol. The van der Waals surface area contributed by atoms with Gasteiger partial charge in [-0.15, -0.1) is 0 Å². The monoisotopic (exact) mass is 320 g/mol. The summed E-state index contributed by atoms with van der Waals surface area (Å²) in [6, 6.07) is 2.49. The minimum atomic E-state index is 0.121. The number of nitrogens with zero attached hydrogens (tertiary/aromatic N) is 3. The molecule has 0 unspecified atom stereocenters. The first-order valence-electron chi connectivity index (χ1n) is 8.91. The van der Waals surface area contributed by atoms with E-state index in [4.69, 9.17) is 4.52 Å². The Morgan fingerprint density at radius 1 is 1.22 bits per heavy atom. The lowest BCUT2D eigenvalue weighted by atomic mass is 9.96. The molecule has 23 heavy (non-hydrogen) atoms. The zero-order valence-electron chi connectivity index (χ0n) is 14.1. The zero-order valence-corrected chi connectivity index (χ0v) is 14.1. The highest BCUT2D eigenvalue weighted by Gasteiger charge is 2.22. The fraction of sp³-hybridized carbons (Fsp3) is 0.765. The van der Waals surface area contributed by atoms with Crippen LogP contribution in [0.4, 0.5) is 4.79 Å². The SMILES string of the molecule is Cc1cc(CN2CCCN(C(=O)NC3CCCCC3)CC2)no1. The van der Waals surface area contributed by atoms with Crippen molar-refractivity contribution in [2.24, 2.45) is 0 Å². The minimum absolute atomic E-state index is 0.121. The number of nitrogens with one attached hydrogen (secondary N) is 1. The first-order chi connectivity index (χ1) is 11.2. The van der Waals surface area contributed by atoms with Crippen LogP contribution in [0.3, 0.4) is 0 Å². The average Bonchev–Trinajstić information content (AvgIpc) is 2.82. The summed E-state index contributed by atoms with van der Waals surface area (Å²) in [6.07, 6.45) is 7.08. The largest absolute Gasteiger partial charge is 0.361 e. The molecule has 2 amide bonds. The predicted octanol–water partition coefficient (Wildman–Crippen LogP) is 2.53. The molecule has 1 aromatic rings. The Bertz CT molecular complexity index is 510. The first kappa shape index (κ1) is 16.3. The lowest BCUT2D eigenvalue weighted by Crippen LogP contribution is -2.46. The van der Waals surface area contributed by atoms with E-state index in [9.17, 15) is 4.79 Å². The van der Waals surface area contributed by atoms with Crippen molar-refractivity contribution in [2.45, 2.75) is 58.0 Å². The number of hydrogen-bond acceptors (Lipinski definition) is 4. The summed E-state index contributed by atoms with van der Waals surface area (Å²) in [7, 11) is 0. The quantitative estimate of drug-likeness (QED) is 0.929. The number of hydrogen-bond donors (Lipinski definition) is 1. The Morgan fingerprint density at radius 2 is 2.04 bits per heavy atom. The van der Waals surface area contributed by atoms with E-state index < -0.39 is 0 Å². The smallest absolute Gasteiger partial charge is 0.317 e. The second-order valence-corrected chi connectivity index (χ2v) is 6.83. The topological polar surface area (TPSA) is 61.6 Å². The van der Waals surface area contributed by atoms with Crippen molar-refractivity contribution in [3.8, 4) is 0 Å². The number of urea groups is 1. The molecule has 0 atom stereocenters. The fourth-order valence-electron chi connectivity index (χ4n) is 3.57. The minimum Gasteiger partial charge on any atom is -0.361 e. The van der Waals surface area contributed by atoms with Crippen LogP contribution in [0.5, 0.6) is 0 Å². The van der Waals surface area contributed by atoms with Crippen LogP contribution < -0.4 is 5.32 Å². The van der Waals surface area contributed by atoms with Crippen LogP contribution in [0.15, 0.2) is 10.6 Å². The number of aromatic nitrogens is 1. The molecule has 1 saturated carbocycles. The molecule has 1 aromatic heterocycles. The number of carbonyl (C=O) groups is 1. The molecule has 128 valence electrons. The highest BCUT2D eigenvalue weighted by atomic mass is 16.5. The van der Waals surface area contributed by atoms with E-state index in [2.05, 4.69) is 15.4 Å². The number of carbonyl (C=O) groups excluding carboxylic acids is 1. The third kappa shape index (κ3) is 4.70. The molecule has 2 aliphatic rings. The van der Waals surface area contributed by atoms with Gasteiger partial charge in [0.05, 0.1) is 5.69 Å². The van der Waals surface area contributed by atoms with Crippen LogP contribution in [0, 0.1) is 6.92 Å².